The van der Waals surface area contributed by atoms with Crippen LogP contribution >= 0.6 is 12.2 Å². The Morgan fingerprint density at radius 3 is 2.28 bits per heavy atom. The number of hydrogen-bond donors (Lipinski definition) is 3. The van der Waals surface area contributed by atoms with E-state index in [1.807, 2.05) is 18.2 Å². The Bertz CT molecular complexity index is 666. The minimum atomic E-state index is -2.83. The van der Waals surface area contributed by atoms with E-state index < -0.39 is 6.61 Å². The maximum absolute atomic E-state index is 12.2. The molecule has 0 radical (unpaired) electrons. The Morgan fingerprint density at radius 2 is 1.72 bits per heavy atom. The van der Waals surface area contributed by atoms with Crippen molar-refractivity contribution >= 4 is 23.0 Å². The van der Waals surface area contributed by atoms with Crippen LogP contribution in [0.4, 0.5) is 14.5 Å². The SMILES string of the molecule is C[NH+](C)C[C@@H](NC(=S)Nc1ccc(OC(F)F)cc1)c1ccccc1. The standard InChI is InChI=1S/C18H21F2N3OS/c1-23(2)12-16(13-6-4-3-5-7-13)22-18(25)21-14-8-10-15(11-9-14)24-17(19)20/h3-11,16-17H,12H2,1-2H3,(H2,21,22,25)/p+1/t16-/m1/s1. The van der Waals surface area contributed by atoms with Gasteiger partial charge >= 0.3 is 6.61 Å². The summed E-state index contributed by atoms with van der Waals surface area (Å²) in [5.41, 5.74) is 1.84. The number of thiocarbonyl (C=S) groups is 1. The van der Waals surface area contributed by atoms with E-state index in [1.54, 1.807) is 12.1 Å². The highest BCUT2D eigenvalue weighted by Gasteiger charge is 2.16. The van der Waals surface area contributed by atoms with E-state index in [0.29, 0.717) is 10.8 Å². The van der Waals surface area contributed by atoms with E-state index in [-0.39, 0.29) is 11.8 Å². The number of alkyl halides is 2. The molecule has 0 saturated heterocycles. The number of quaternary nitrogens is 1. The summed E-state index contributed by atoms with van der Waals surface area (Å²) >= 11 is 5.39. The molecule has 1 atom stereocenters. The summed E-state index contributed by atoms with van der Waals surface area (Å²) in [5, 5.41) is 6.84. The quantitative estimate of drug-likeness (QED) is 0.658. The lowest BCUT2D eigenvalue weighted by Crippen LogP contribution is -3.06. The van der Waals surface area contributed by atoms with Crippen LogP contribution in [0.1, 0.15) is 11.6 Å². The lowest BCUT2D eigenvalue weighted by atomic mass is 10.1. The number of likely N-dealkylation sites (N-methyl/N-ethyl adjacent to an activating group) is 1. The van der Waals surface area contributed by atoms with Crippen molar-refractivity contribution in [1.29, 1.82) is 0 Å². The summed E-state index contributed by atoms with van der Waals surface area (Å²) in [6.07, 6.45) is 0. The van der Waals surface area contributed by atoms with Crippen LogP contribution in [0.15, 0.2) is 54.6 Å². The van der Waals surface area contributed by atoms with Gasteiger partial charge in [0.05, 0.1) is 14.1 Å². The first-order valence-corrected chi connectivity index (χ1v) is 8.31. The summed E-state index contributed by atoms with van der Waals surface area (Å²) in [7, 11) is 4.16. The van der Waals surface area contributed by atoms with Crippen molar-refractivity contribution in [3.8, 4) is 5.75 Å². The fraction of sp³-hybridized carbons (Fsp3) is 0.278. The number of ether oxygens (including phenoxy) is 1. The highest BCUT2D eigenvalue weighted by atomic mass is 32.1. The van der Waals surface area contributed by atoms with Gasteiger partial charge in [0.1, 0.15) is 18.3 Å². The van der Waals surface area contributed by atoms with E-state index in [1.165, 1.54) is 17.0 Å². The maximum atomic E-state index is 12.2. The topological polar surface area (TPSA) is 37.7 Å². The molecule has 0 aromatic heterocycles. The van der Waals surface area contributed by atoms with Crippen LogP contribution in [-0.4, -0.2) is 32.4 Å². The zero-order chi connectivity index (χ0) is 18.2. The van der Waals surface area contributed by atoms with Crippen LogP contribution in [0.5, 0.6) is 5.75 Å². The minimum absolute atomic E-state index is 0.0626. The van der Waals surface area contributed by atoms with Gasteiger partial charge in [-0.15, -0.1) is 0 Å². The molecule has 2 aromatic carbocycles. The molecular formula is C18H22F2N3OS+. The Kier molecular flexibility index (Phi) is 7.09. The van der Waals surface area contributed by atoms with Crippen LogP contribution in [0.3, 0.4) is 0 Å². The number of benzene rings is 2. The van der Waals surface area contributed by atoms with Crippen molar-refractivity contribution in [2.45, 2.75) is 12.7 Å². The lowest BCUT2D eigenvalue weighted by Gasteiger charge is -2.22. The van der Waals surface area contributed by atoms with Gasteiger partial charge in [0.25, 0.3) is 0 Å². The number of anilines is 1. The fourth-order valence-electron chi connectivity index (χ4n) is 2.39. The van der Waals surface area contributed by atoms with E-state index in [0.717, 1.165) is 12.1 Å². The molecule has 0 unspecified atom stereocenters. The molecule has 7 heteroatoms. The average molecular weight is 366 g/mol. The van der Waals surface area contributed by atoms with Crippen LogP contribution in [0, 0.1) is 0 Å². The van der Waals surface area contributed by atoms with Gasteiger partial charge in [-0.2, -0.15) is 8.78 Å². The van der Waals surface area contributed by atoms with Gasteiger partial charge in [0, 0.05) is 5.69 Å². The molecule has 0 aliphatic rings. The molecule has 25 heavy (non-hydrogen) atoms. The minimum Gasteiger partial charge on any atom is -0.435 e. The first-order valence-electron chi connectivity index (χ1n) is 7.90. The third-order valence-electron chi connectivity index (χ3n) is 3.46. The van der Waals surface area contributed by atoms with Gasteiger partial charge < -0.3 is 20.3 Å². The Labute approximate surface area is 151 Å². The second-order valence-electron chi connectivity index (χ2n) is 5.88. The molecule has 0 fully saturated rings. The van der Waals surface area contributed by atoms with Crippen molar-refractivity contribution in [3.05, 3.63) is 60.2 Å². The van der Waals surface area contributed by atoms with E-state index in [9.17, 15) is 8.78 Å². The highest BCUT2D eigenvalue weighted by Crippen LogP contribution is 2.18. The van der Waals surface area contributed by atoms with Gasteiger partial charge in [0.15, 0.2) is 5.11 Å². The normalized spacial score (nSPS) is 12.1. The molecule has 0 spiro atoms. The molecule has 0 heterocycles. The molecule has 0 aliphatic carbocycles. The molecule has 2 rings (SSSR count). The van der Waals surface area contributed by atoms with Gasteiger partial charge in [-0.3, -0.25) is 0 Å². The molecule has 0 aliphatic heterocycles. The average Bonchev–Trinajstić information content (AvgIpc) is 2.56. The third-order valence-corrected chi connectivity index (χ3v) is 3.68. The molecule has 3 N–H and O–H groups in total. The van der Waals surface area contributed by atoms with Crippen molar-refractivity contribution in [1.82, 2.24) is 5.32 Å². The van der Waals surface area contributed by atoms with Crippen LogP contribution < -0.4 is 20.3 Å². The first kappa shape index (κ1) is 19.1. The monoisotopic (exact) mass is 366 g/mol. The molecule has 0 saturated carbocycles. The summed E-state index contributed by atoms with van der Waals surface area (Å²) < 4.78 is 28.7. The third kappa shape index (κ3) is 6.64. The van der Waals surface area contributed by atoms with Crippen LogP contribution in [-0.2, 0) is 0 Å². The summed E-state index contributed by atoms with van der Waals surface area (Å²) in [5.74, 6) is 0.109. The molecule has 2 aromatic rings. The molecule has 134 valence electrons. The van der Waals surface area contributed by atoms with Gasteiger partial charge in [0.2, 0.25) is 0 Å². The van der Waals surface area contributed by atoms with E-state index in [2.05, 4.69) is 41.6 Å². The van der Waals surface area contributed by atoms with Gasteiger partial charge in [-0.1, -0.05) is 30.3 Å². The zero-order valence-corrected chi connectivity index (χ0v) is 14.9. The van der Waals surface area contributed by atoms with Gasteiger partial charge in [-0.05, 0) is 42.0 Å². The Balaban J connectivity index is 1.98. The van der Waals surface area contributed by atoms with E-state index in [4.69, 9.17) is 12.2 Å². The van der Waals surface area contributed by atoms with Crippen molar-refractivity contribution in [2.24, 2.45) is 0 Å². The maximum Gasteiger partial charge on any atom is 0.387 e. The Morgan fingerprint density at radius 1 is 1.08 bits per heavy atom. The molecule has 0 amide bonds. The summed E-state index contributed by atoms with van der Waals surface area (Å²) in [6, 6.07) is 16.3. The second-order valence-corrected chi connectivity index (χ2v) is 6.28. The second kappa shape index (κ2) is 9.29. The largest absolute Gasteiger partial charge is 0.435 e. The lowest BCUT2D eigenvalue weighted by molar-refractivity contribution is -0.860. The predicted molar refractivity (Wildman–Crippen MR) is 99.3 cm³/mol. The van der Waals surface area contributed by atoms with Crippen molar-refractivity contribution < 1.29 is 18.4 Å². The number of rotatable bonds is 7. The Hall–Kier alpha value is -2.25. The van der Waals surface area contributed by atoms with E-state index >= 15 is 0 Å². The zero-order valence-electron chi connectivity index (χ0n) is 14.1. The van der Waals surface area contributed by atoms with Gasteiger partial charge in [-0.25, -0.2) is 0 Å². The highest BCUT2D eigenvalue weighted by molar-refractivity contribution is 7.80. The molecular weight excluding hydrogens is 344 g/mol. The van der Waals surface area contributed by atoms with Crippen LogP contribution in [0.25, 0.3) is 0 Å². The number of hydrogen-bond acceptors (Lipinski definition) is 2. The smallest absolute Gasteiger partial charge is 0.387 e. The van der Waals surface area contributed by atoms with Crippen molar-refractivity contribution in [3.63, 3.8) is 0 Å². The van der Waals surface area contributed by atoms with Crippen LogP contribution in [0.2, 0.25) is 0 Å². The number of halogens is 2. The number of nitrogens with one attached hydrogen (secondary N) is 3. The summed E-state index contributed by atoms with van der Waals surface area (Å²) in [6.45, 7) is -1.98. The fourth-order valence-corrected chi connectivity index (χ4v) is 2.65. The van der Waals surface area contributed by atoms with Crippen molar-refractivity contribution in [2.75, 3.05) is 26.0 Å². The molecule has 4 nitrogen and oxygen atoms in total. The predicted octanol–water partition coefficient (Wildman–Crippen LogP) is 2.46. The summed E-state index contributed by atoms with van der Waals surface area (Å²) in [4.78, 5) is 1.29. The first-order chi connectivity index (χ1) is 11.9. The molecule has 0 bridgehead atoms.